The van der Waals surface area contributed by atoms with Gasteiger partial charge in [-0.2, -0.15) is 0 Å². The molecule has 1 aromatic carbocycles. The van der Waals surface area contributed by atoms with Gasteiger partial charge in [0.1, 0.15) is 0 Å². The van der Waals surface area contributed by atoms with E-state index in [4.69, 9.17) is 0 Å². The highest BCUT2D eigenvalue weighted by Crippen LogP contribution is 2.64. The minimum Gasteiger partial charge on any atom is -0.126 e. The van der Waals surface area contributed by atoms with Crippen LogP contribution in [0.2, 0.25) is 0 Å². The van der Waals surface area contributed by atoms with Crippen molar-refractivity contribution >= 4 is 11.8 Å². The molecule has 0 N–H and O–H groups in total. The van der Waals surface area contributed by atoms with Gasteiger partial charge in [0.25, 0.3) is 0 Å². The summed E-state index contributed by atoms with van der Waals surface area (Å²) >= 11 is 2.08. The van der Waals surface area contributed by atoms with Crippen LogP contribution in [0, 0.1) is 28.1 Å². The van der Waals surface area contributed by atoms with E-state index in [0.717, 1.165) is 11.8 Å². The summed E-state index contributed by atoms with van der Waals surface area (Å²) in [6.07, 6.45) is 14.3. The Kier molecular flexibility index (Phi) is 5.12. The van der Waals surface area contributed by atoms with E-state index in [2.05, 4.69) is 81.6 Å². The molecule has 1 heteroatoms. The molecule has 1 unspecified atom stereocenters. The standard InChI is InChI=1S/C26H36S/c1-5-24(2)17-14-22-20(18-24)12-13-23-25(3,15-9-16-26(22,23)4)19-27-21-10-7-6-8-11-21/h5-8,10-12,22-23H,1,9,13-19H2,2-4H3/t22-,23?,24+,25+,26-/m1/s1. The minimum atomic E-state index is 0.326. The number of hydrogen-bond acceptors (Lipinski definition) is 1. The molecular weight excluding hydrogens is 344 g/mol. The monoisotopic (exact) mass is 380 g/mol. The fourth-order valence-electron chi connectivity index (χ4n) is 6.67. The van der Waals surface area contributed by atoms with Gasteiger partial charge in [-0.3, -0.25) is 0 Å². The van der Waals surface area contributed by atoms with Crippen molar-refractivity contribution in [1.82, 2.24) is 0 Å². The molecule has 0 aromatic heterocycles. The second-order valence-electron chi connectivity index (χ2n) is 10.3. The molecule has 0 saturated heterocycles. The molecule has 3 aliphatic carbocycles. The molecule has 0 heterocycles. The van der Waals surface area contributed by atoms with Gasteiger partial charge in [0.2, 0.25) is 0 Å². The molecule has 1 aromatic rings. The Hall–Kier alpha value is -0.950. The number of rotatable bonds is 4. The van der Waals surface area contributed by atoms with Crippen LogP contribution in [-0.2, 0) is 0 Å². The third-order valence-corrected chi connectivity index (χ3v) is 9.79. The van der Waals surface area contributed by atoms with Crippen molar-refractivity contribution in [3.63, 3.8) is 0 Å². The number of allylic oxidation sites excluding steroid dienone is 3. The Morgan fingerprint density at radius 1 is 1.11 bits per heavy atom. The lowest BCUT2D eigenvalue weighted by Crippen LogP contribution is -2.52. The number of benzene rings is 1. The van der Waals surface area contributed by atoms with Crippen LogP contribution in [0.25, 0.3) is 0 Å². The molecular formula is C26H36S. The van der Waals surface area contributed by atoms with Crippen molar-refractivity contribution < 1.29 is 0 Å². The van der Waals surface area contributed by atoms with Gasteiger partial charge < -0.3 is 0 Å². The third kappa shape index (κ3) is 3.46. The van der Waals surface area contributed by atoms with Gasteiger partial charge in [-0.25, -0.2) is 0 Å². The number of hydrogen-bond donors (Lipinski definition) is 0. The first-order chi connectivity index (χ1) is 12.9. The molecule has 2 fully saturated rings. The molecule has 146 valence electrons. The molecule has 0 radical (unpaired) electrons. The summed E-state index contributed by atoms with van der Waals surface area (Å²) in [7, 11) is 0. The molecule has 0 spiro atoms. The molecule has 5 atom stereocenters. The zero-order chi connectivity index (χ0) is 19.1. The van der Waals surface area contributed by atoms with Crippen LogP contribution in [0.3, 0.4) is 0 Å². The van der Waals surface area contributed by atoms with E-state index in [-0.39, 0.29) is 0 Å². The van der Waals surface area contributed by atoms with E-state index in [9.17, 15) is 0 Å². The van der Waals surface area contributed by atoms with Gasteiger partial charge in [-0.1, -0.05) is 63.1 Å². The smallest absolute Gasteiger partial charge is 0.00721 e. The van der Waals surface area contributed by atoms with Gasteiger partial charge >= 0.3 is 0 Å². The topological polar surface area (TPSA) is 0 Å². The maximum Gasteiger partial charge on any atom is 0.00721 e. The highest BCUT2D eigenvalue weighted by atomic mass is 32.2. The van der Waals surface area contributed by atoms with E-state index >= 15 is 0 Å². The molecule has 3 aliphatic rings. The molecule has 0 bridgehead atoms. The van der Waals surface area contributed by atoms with Gasteiger partial charge in [-0.15, -0.1) is 18.3 Å². The molecule has 0 nitrogen and oxygen atoms in total. The molecule has 0 amide bonds. The molecule has 2 saturated carbocycles. The summed E-state index contributed by atoms with van der Waals surface area (Å²) in [6, 6.07) is 11.0. The number of fused-ring (bicyclic) bond motifs is 3. The lowest BCUT2D eigenvalue weighted by atomic mass is 9.46. The largest absolute Gasteiger partial charge is 0.126 e. The average molecular weight is 381 g/mol. The lowest BCUT2D eigenvalue weighted by molar-refractivity contribution is -0.0466. The van der Waals surface area contributed by atoms with E-state index in [1.54, 1.807) is 5.57 Å². The van der Waals surface area contributed by atoms with Crippen molar-refractivity contribution in [2.24, 2.45) is 28.1 Å². The first-order valence-electron chi connectivity index (χ1n) is 10.9. The van der Waals surface area contributed by atoms with Crippen LogP contribution in [0.1, 0.15) is 65.7 Å². The summed E-state index contributed by atoms with van der Waals surface area (Å²) in [6.45, 7) is 11.8. The zero-order valence-electron chi connectivity index (χ0n) is 17.5. The summed E-state index contributed by atoms with van der Waals surface area (Å²) in [5, 5.41) is 0. The van der Waals surface area contributed by atoms with Crippen molar-refractivity contribution in [3.05, 3.63) is 54.6 Å². The van der Waals surface area contributed by atoms with Crippen LogP contribution >= 0.6 is 11.8 Å². The van der Waals surface area contributed by atoms with Gasteiger partial charge in [0, 0.05) is 10.6 Å². The van der Waals surface area contributed by atoms with Crippen LogP contribution in [-0.4, -0.2) is 5.75 Å². The molecule has 27 heavy (non-hydrogen) atoms. The lowest BCUT2D eigenvalue weighted by Gasteiger charge is -2.60. The third-order valence-electron chi connectivity index (χ3n) is 8.38. The van der Waals surface area contributed by atoms with E-state index < -0.39 is 0 Å². The van der Waals surface area contributed by atoms with E-state index in [0.29, 0.717) is 16.2 Å². The second kappa shape index (κ2) is 7.14. The Bertz CT molecular complexity index is 719. The SMILES string of the molecule is C=C[C@@]1(C)CC[C@@H]2C(=CCC3[C@](C)(CSc4ccccc4)CCC[C@@]32C)C1. The Morgan fingerprint density at radius 3 is 2.63 bits per heavy atom. The van der Waals surface area contributed by atoms with E-state index in [1.807, 2.05) is 0 Å². The highest BCUT2D eigenvalue weighted by molar-refractivity contribution is 7.99. The van der Waals surface area contributed by atoms with Crippen LogP contribution in [0.4, 0.5) is 0 Å². The van der Waals surface area contributed by atoms with Crippen LogP contribution in [0.5, 0.6) is 0 Å². The Balaban J connectivity index is 1.57. The maximum absolute atomic E-state index is 4.14. The molecule has 4 rings (SSSR count). The summed E-state index contributed by atoms with van der Waals surface area (Å²) in [5.41, 5.74) is 3.04. The predicted octanol–water partition coefficient (Wildman–Crippen LogP) is 7.91. The van der Waals surface area contributed by atoms with Gasteiger partial charge in [0.05, 0.1) is 0 Å². The van der Waals surface area contributed by atoms with Crippen molar-refractivity contribution in [1.29, 1.82) is 0 Å². The first-order valence-corrected chi connectivity index (χ1v) is 11.9. The Labute approximate surface area is 170 Å². The van der Waals surface area contributed by atoms with E-state index in [1.165, 1.54) is 55.6 Å². The predicted molar refractivity (Wildman–Crippen MR) is 119 cm³/mol. The fourth-order valence-corrected chi connectivity index (χ4v) is 7.87. The van der Waals surface area contributed by atoms with Gasteiger partial charge in [0.15, 0.2) is 0 Å². The van der Waals surface area contributed by atoms with Crippen LogP contribution < -0.4 is 0 Å². The first kappa shape index (κ1) is 19.4. The quantitative estimate of drug-likeness (QED) is 0.377. The summed E-state index contributed by atoms with van der Waals surface area (Å²) < 4.78 is 0. The normalized spacial score (nSPS) is 41.2. The van der Waals surface area contributed by atoms with Crippen LogP contribution in [0.15, 0.2) is 59.5 Å². The van der Waals surface area contributed by atoms with Crippen molar-refractivity contribution in [2.45, 2.75) is 70.6 Å². The summed E-state index contributed by atoms with van der Waals surface area (Å²) in [4.78, 5) is 1.43. The fraction of sp³-hybridized carbons (Fsp3) is 0.615. The number of thioether (sulfide) groups is 1. The molecule has 0 aliphatic heterocycles. The van der Waals surface area contributed by atoms with Gasteiger partial charge in [-0.05, 0) is 78.7 Å². The highest BCUT2D eigenvalue weighted by Gasteiger charge is 2.55. The average Bonchev–Trinajstić information content (AvgIpc) is 2.67. The van der Waals surface area contributed by atoms with Crippen molar-refractivity contribution in [3.8, 4) is 0 Å². The van der Waals surface area contributed by atoms with Crippen molar-refractivity contribution in [2.75, 3.05) is 5.75 Å². The summed E-state index contributed by atoms with van der Waals surface area (Å²) in [5.74, 6) is 2.90. The minimum absolute atomic E-state index is 0.326. The Morgan fingerprint density at radius 2 is 1.89 bits per heavy atom. The maximum atomic E-state index is 4.14. The zero-order valence-corrected chi connectivity index (χ0v) is 18.3. The second-order valence-corrected chi connectivity index (χ2v) is 11.4.